The van der Waals surface area contributed by atoms with Gasteiger partial charge >= 0.3 is 0 Å². The predicted octanol–water partition coefficient (Wildman–Crippen LogP) is 6.09. The van der Waals surface area contributed by atoms with E-state index in [2.05, 4.69) is 51.9 Å². The number of pyridine rings is 1. The molecule has 4 aromatic rings. The van der Waals surface area contributed by atoms with Crippen LogP contribution < -0.4 is 4.74 Å². The van der Waals surface area contributed by atoms with Crippen molar-refractivity contribution in [2.45, 2.75) is 25.2 Å². The van der Waals surface area contributed by atoms with Crippen molar-refractivity contribution < 1.29 is 4.74 Å². The van der Waals surface area contributed by atoms with Crippen LogP contribution in [0.1, 0.15) is 30.1 Å². The van der Waals surface area contributed by atoms with Crippen molar-refractivity contribution in [3.63, 3.8) is 0 Å². The largest absolute Gasteiger partial charge is 0.497 e. The lowest BCUT2D eigenvalue weighted by atomic mass is 9.95. The second kappa shape index (κ2) is 9.35. The molecular weight excluding hydrogens is 418 g/mol. The van der Waals surface area contributed by atoms with E-state index in [1.807, 2.05) is 30.3 Å². The molecule has 2 aromatic heterocycles. The zero-order valence-corrected chi connectivity index (χ0v) is 19.1. The zero-order valence-electron chi connectivity index (χ0n) is 18.4. The molecular formula is C27H28ClN3O. The monoisotopic (exact) mass is 445 g/mol. The van der Waals surface area contributed by atoms with Crippen LogP contribution in [0.5, 0.6) is 5.75 Å². The molecule has 0 spiro atoms. The van der Waals surface area contributed by atoms with E-state index in [1.165, 1.54) is 5.56 Å². The van der Waals surface area contributed by atoms with E-state index in [4.69, 9.17) is 21.3 Å². The van der Waals surface area contributed by atoms with Crippen LogP contribution in [-0.4, -0.2) is 41.0 Å². The molecule has 32 heavy (non-hydrogen) atoms. The Balaban J connectivity index is 1.37. The molecule has 0 saturated carbocycles. The van der Waals surface area contributed by atoms with Gasteiger partial charge in [0.25, 0.3) is 0 Å². The van der Waals surface area contributed by atoms with Gasteiger partial charge in [-0.25, -0.2) is 4.98 Å². The van der Waals surface area contributed by atoms with E-state index in [1.54, 1.807) is 7.11 Å². The van der Waals surface area contributed by atoms with Gasteiger partial charge in [0.1, 0.15) is 11.6 Å². The highest BCUT2D eigenvalue weighted by Gasteiger charge is 2.25. The highest BCUT2D eigenvalue weighted by molar-refractivity contribution is 6.31. The number of ether oxygens (including phenoxy) is 1. The summed E-state index contributed by atoms with van der Waals surface area (Å²) in [5.74, 6) is 2.41. The zero-order chi connectivity index (χ0) is 21.9. The molecule has 0 N–H and O–H groups in total. The van der Waals surface area contributed by atoms with Crippen LogP contribution in [0.4, 0.5) is 0 Å². The maximum Gasteiger partial charge on any atom is 0.119 e. The Labute approximate surface area is 194 Å². The van der Waals surface area contributed by atoms with Crippen molar-refractivity contribution >= 4 is 17.1 Å². The molecule has 1 fully saturated rings. The quantitative estimate of drug-likeness (QED) is 0.360. The Morgan fingerprint density at radius 2 is 1.81 bits per heavy atom. The third-order valence-corrected chi connectivity index (χ3v) is 6.72. The lowest BCUT2D eigenvalue weighted by Gasteiger charge is -2.31. The van der Waals surface area contributed by atoms with Crippen molar-refractivity contribution in [1.82, 2.24) is 14.3 Å². The normalized spacial score (nSPS) is 15.3. The third-order valence-electron chi connectivity index (χ3n) is 6.49. The number of rotatable bonds is 6. The topological polar surface area (TPSA) is 29.8 Å². The van der Waals surface area contributed by atoms with Crippen molar-refractivity contribution in [2.75, 3.05) is 26.7 Å². The van der Waals surface area contributed by atoms with Crippen LogP contribution in [-0.2, 0) is 6.42 Å². The molecule has 0 aliphatic carbocycles. The Morgan fingerprint density at radius 3 is 2.59 bits per heavy atom. The van der Waals surface area contributed by atoms with Gasteiger partial charge in [0.2, 0.25) is 0 Å². The number of halogens is 1. The van der Waals surface area contributed by atoms with Gasteiger partial charge in [-0.15, -0.1) is 0 Å². The van der Waals surface area contributed by atoms with Crippen LogP contribution in [0.25, 0.3) is 16.8 Å². The van der Waals surface area contributed by atoms with E-state index in [9.17, 15) is 0 Å². The molecule has 5 heteroatoms. The molecule has 0 unspecified atom stereocenters. The van der Waals surface area contributed by atoms with Gasteiger partial charge in [0.05, 0.1) is 18.3 Å². The first-order valence-corrected chi connectivity index (χ1v) is 11.7. The maximum absolute atomic E-state index is 6.36. The van der Waals surface area contributed by atoms with Crippen LogP contribution in [0.15, 0.2) is 72.9 Å². The van der Waals surface area contributed by atoms with Crippen molar-refractivity contribution in [1.29, 1.82) is 0 Å². The number of fused-ring (bicyclic) bond motifs is 1. The summed E-state index contributed by atoms with van der Waals surface area (Å²) in [6.07, 6.45) is 5.41. The fourth-order valence-electron chi connectivity index (χ4n) is 4.70. The molecule has 0 amide bonds. The lowest BCUT2D eigenvalue weighted by molar-refractivity contribution is 0.211. The van der Waals surface area contributed by atoms with Crippen LogP contribution in [0.2, 0.25) is 5.02 Å². The Morgan fingerprint density at radius 1 is 1.00 bits per heavy atom. The van der Waals surface area contributed by atoms with Gasteiger partial charge in [0, 0.05) is 29.2 Å². The summed E-state index contributed by atoms with van der Waals surface area (Å²) >= 11 is 6.36. The molecule has 164 valence electrons. The smallest absolute Gasteiger partial charge is 0.119 e. The number of nitrogens with zero attached hydrogens (tertiary/aromatic N) is 3. The predicted molar refractivity (Wildman–Crippen MR) is 131 cm³/mol. The molecule has 5 rings (SSSR count). The molecule has 1 saturated heterocycles. The van der Waals surface area contributed by atoms with Crippen LogP contribution in [0.3, 0.4) is 0 Å². The Hall–Kier alpha value is -2.82. The van der Waals surface area contributed by atoms with E-state index < -0.39 is 0 Å². The fraction of sp³-hybridized carbons (Fsp3) is 0.296. The molecule has 0 radical (unpaired) electrons. The minimum absolute atomic E-state index is 0.441. The second-order valence-corrected chi connectivity index (χ2v) is 8.94. The SMILES string of the molecule is COc1cccc(-c2nc(C3CCN(CCc4ccccc4)CC3)n3ccc(Cl)cc23)c1. The summed E-state index contributed by atoms with van der Waals surface area (Å²) in [5, 5.41) is 0.726. The van der Waals surface area contributed by atoms with E-state index >= 15 is 0 Å². The van der Waals surface area contributed by atoms with Crippen LogP contribution in [0, 0.1) is 0 Å². The first kappa shape index (κ1) is 21.0. The van der Waals surface area contributed by atoms with E-state index in [-0.39, 0.29) is 0 Å². The van der Waals surface area contributed by atoms with Gasteiger partial charge in [-0.05, 0) is 62.2 Å². The fourth-order valence-corrected chi connectivity index (χ4v) is 4.86. The standard InChI is InChI=1S/C27H28ClN3O/c1-32-24-9-5-8-22(18-24)26-25-19-23(28)13-17-31(25)27(29-26)21-11-15-30(16-12-21)14-10-20-6-3-2-4-7-20/h2-9,13,17-19,21H,10-12,14-16H2,1H3. The molecule has 3 heterocycles. The van der Waals surface area contributed by atoms with Gasteiger partial charge in [-0.3, -0.25) is 0 Å². The van der Waals surface area contributed by atoms with Crippen molar-refractivity contribution in [2.24, 2.45) is 0 Å². The Bertz CT molecular complexity index is 1200. The van der Waals surface area contributed by atoms with Gasteiger partial charge in [0.15, 0.2) is 0 Å². The summed E-state index contributed by atoms with van der Waals surface area (Å²) in [7, 11) is 1.69. The molecule has 1 aliphatic heterocycles. The number of imidazole rings is 1. The summed E-state index contributed by atoms with van der Waals surface area (Å²) in [4.78, 5) is 7.73. The third kappa shape index (κ3) is 4.38. The highest BCUT2D eigenvalue weighted by atomic mass is 35.5. The van der Waals surface area contributed by atoms with E-state index in [0.29, 0.717) is 5.92 Å². The first-order valence-electron chi connectivity index (χ1n) is 11.3. The minimum Gasteiger partial charge on any atom is -0.497 e. The molecule has 1 aliphatic rings. The number of likely N-dealkylation sites (tertiary alicyclic amines) is 1. The van der Waals surface area contributed by atoms with Crippen LogP contribution >= 0.6 is 11.6 Å². The van der Waals surface area contributed by atoms with Crippen molar-refractivity contribution in [3.05, 3.63) is 89.3 Å². The van der Waals surface area contributed by atoms with Crippen molar-refractivity contribution in [3.8, 4) is 17.0 Å². The molecule has 0 bridgehead atoms. The molecule has 0 atom stereocenters. The number of hydrogen-bond donors (Lipinski definition) is 0. The number of hydrogen-bond acceptors (Lipinski definition) is 3. The number of methoxy groups -OCH3 is 1. The lowest BCUT2D eigenvalue weighted by Crippen LogP contribution is -2.34. The maximum atomic E-state index is 6.36. The van der Waals surface area contributed by atoms with Gasteiger partial charge < -0.3 is 14.0 Å². The summed E-state index contributed by atoms with van der Waals surface area (Å²) in [5.41, 5.74) is 4.48. The molecule has 4 nitrogen and oxygen atoms in total. The van der Waals surface area contributed by atoms with Gasteiger partial charge in [-0.1, -0.05) is 54.1 Å². The number of benzene rings is 2. The molecule has 2 aromatic carbocycles. The Kier molecular flexibility index (Phi) is 6.15. The summed E-state index contributed by atoms with van der Waals surface area (Å²) in [6.45, 7) is 3.33. The average Bonchev–Trinajstić information content (AvgIpc) is 3.22. The number of aromatic nitrogens is 2. The second-order valence-electron chi connectivity index (χ2n) is 8.50. The first-order chi connectivity index (χ1) is 15.7. The van der Waals surface area contributed by atoms with E-state index in [0.717, 1.165) is 72.3 Å². The number of piperidine rings is 1. The highest BCUT2D eigenvalue weighted by Crippen LogP contribution is 2.34. The minimum atomic E-state index is 0.441. The summed E-state index contributed by atoms with van der Waals surface area (Å²) < 4.78 is 7.66. The van der Waals surface area contributed by atoms with Gasteiger partial charge in [-0.2, -0.15) is 0 Å². The average molecular weight is 446 g/mol. The summed E-state index contributed by atoms with van der Waals surface area (Å²) in [6, 6.07) is 22.8.